The molecule has 3 aliphatic rings. The largest absolute Gasteiger partial charge is 0.416 e. The molecule has 3 heterocycles. The van der Waals surface area contributed by atoms with Crippen molar-refractivity contribution in [3.05, 3.63) is 63.6 Å². The van der Waals surface area contributed by atoms with Crippen LogP contribution in [0.25, 0.3) is 5.52 Å². The molecule has 37 heavy (non-hydrogen) atoms. The number of alkyl halides is 3. The summed E-state index contributed by atoms with van der Waals surface area (Å²) in [4.78, 5) is 20.5. The Kier molecular flexibility index (Phi) is 7.70. The monoisotopic (exact) mass is 516 g/mol. The molecule has 0 amide bonds. The average Bonchev–Trinajstić information content (AvgIpc) is 3.18. The fourth-order valence-corrected chi connectivity index (χ4v) is 6.18. The lowest BCUT2D eigenvalue weighted by Crippen LogP contribution is -2.23. The molecule has 6 nitrogen and oxygen atoms in total. The smallest absolute Gasteiger partial charge is 0.381 e. The summed E-state index contributed by atoms with van der Waals surface area (Å²) in [6.45, 7) is 3.58. The highest BCUT2D eigenvalue weighted by Gasteiger charge is 2.32. The number of H-pyrrole nitrogens is 1. The number of halogens is 3. The van der Waals surface area contributed by atoms with Crippen LogP contribution in [0.2, 0.25) is 0 Å². The zero-order valence-electron chi connectivity index (χ0n) is 21.3. The first-order chi connectivity index (χ1) is 17.8. The number of aromatic nitrogens is 4. The summed E-state index contributed by atoms with van der Waals surface area (Å²) in [7, 11) is 0. The van der Waals surface area contributed by atoms with E-state index in [0.29, 0.717) is 43.3 Å². The zero-order chi connectivity index (χ0) is 26.0. The summed E-state index contributed by atoms with van der Waals surface area (Å²) in [5.74, 6) is 2.56. The molecule has 200 valence electrons. The molecule has 2 aromatic heterocycles. The number of hydrogen-bond acceptors (Lipinski definition) is 4. The first-order valence-electron chi connectivity index (χ1n) is 13.5. The predicted molar refractivity (Wildman–Crippen MR) is 135 cm³/mol. The lowest BCUT2D eigenvalue weighted by atomic mass is 9.84. The van der Waals surface area contributed by atoms with Gasteiger partial charge in [-0.25, -0.2) is 9.50 Å². The third-order valence-electron chi connectivity index (χ3n) is 8.17. The van der Waals surface area contributed by atoms with Gasteiger partial charge >= 0.3 is 6.18 Å². The van der Waals surface area contributed by atoms with E-state index < -0.39 is 11.7 Å². The van der Waals surface area contributed by atoms with Crippen LogP contribution in [0.5, 0.6) is 0 Å². The average molecular weight is 517 g/mol. The lowest BCUT2D eigenvalue weighted by Gasteiger charge is -2.24. The van der Waals surface area contributed by atoms with Crippen molar-refractivity contribution in [1.29, 1.82) is 0 Å². The number of rotatable bonds is 4. The second kappa shape index (κ2) is 11.0. The molecule has 1 aliphatic heterocycles. The van der Waals surface area contributed by atoms with Crippen molar-refractivity contribution >= 4 is 5.52 Å². The first kappa shape index (κ1) is 25.9. The van der Waals surface area contributed by atoms with Crippen LogP contribution >= 0.6 is 0 Å². The van der Waals surface area contributed by atoms with Crippen molar-refractivity contribution in [2.24, 2.45) is 11.8 Å². The van der Waals surface area contributed by atoms with Crippen molar-refractivity contribution in [2.45, 2.75) is 82.7 Å². The Morgan fingerprint density at radius 3 is 2.68 bits per heavy atom. The Bertz CT molecular complexity index is 1250. The lowest BCUT2D eigenvalue weighted by molar-refractivity contribution is -0.0884. The minimum atomic E-state index is -4.31. The van der Waals surface area contributed by atoms with Gasteiger partial charge in [0.25, 0.3) is 5.56 Å². The number of ether oxygens (including phenoxy) is 1. The van der Waals surface area contributed by atoms with E-state index in [-0.39, 0.29) is 23.3 Å². The van der Waals surface area contributed by atoms with E-state index in [9.17, 15) is 18.0 Å². The van der Waals surface area contributed by atoms with Crippen LogP contribution in [-0.2, 0) is 4.74 Å². The van der Waals surface area contributed by atoms with Crippen LogP contribution < -0.4 is 5.56 Å². The summed E-state index contributed by atoms with van der Waals surface area (Å²) in [6, 6.07) is 0. The molecule has 0 spiro atoms. The summed E-state index contributed by atoms with van der Waals surface area (Å²) < 4.78 is 46.8. The minimum absolute atomic E-state index is 0.119. The first-order valence-corrected chi connectivity index (χ1v) is 13.5. The highest BCUT2D eigenvalue weighted by atomic mass is 19.4. The third kappa shape index (κ3) is 5.92. The molecule has 1 N–H and O–H groups in total. The molecule has 1 saturated carbocycles. The van der Waals surface area contributed by atoms with Gasteiger partial charge in [0, 0.05) is 25.0 Å². The van der Waals surface area contributed by atoms with Crippen LogP contribution in [0, 0.1) is 11.8 Å². The number of fused-ring (bicyclic) bond motifs is 1. The Hall–Kier alpha value is -2.68. The molecule has 0 radical (unpaired) electrons. The van der Waals surface area contributed by atoms with Crippen LogP contribution in [0.15, 0.2) is 46.4 Å². The van der Waals surface area contributed by atoms with Crippen molar-refractivity contribution in [3.8, 4) is 0 Å². The van der Waals surface area contributed by atoms with E-state index in [1.165, 1.54) is 12.2 Å². The molecule has 2 aliphatic carbocycles. The molecule has 0 aromatic carbocycles. The molecule has 2 fully saturated rings. The Morgan fingerprint density at radius 2 is 1.89 bits per heavy atom. The van der Waals surface area contributed by atoms with Gasteiger partial charge in [0.1, 0.15) is 11.6 Å². The number of hydrogen-bond donors (Lipinski definition) is 1. The van der Waals surface area contributed by atoms with Crippen molar-refractivity contribution in [2.75, 3.05) is 13.2 Å². The standard InChI is InChI=1S/C28H35F3N4O2/c1-18-15-20(16-19-5-2-3-7-22(10-9-19)28(29,30)31)6-4-8-23(18)25-33-27(36)24-17-32-26(35(24)34-25)21-11-13-37-14-12-21/h5,7,9-10,17-18,20-21,23H,2-4,6,8,11-16H2,1H3,(H,33,34,36)/b10-9-,19-5+,22-7-. The topological polar surface area (TPSA) is 72.3 Å². The Labute approximate surface area is 214 Å². The number of aromatic amines is 1. The van der Waals surface area contributed by atoms with Crippen LogP contribution in [0.1, 0.15) is 88.2 Å². The summed E-state index contributed by atoms with van der Waals surface area (Å²) in [5, 5.41) is 4.90. The second-order valence-corrected chi connectivity index (χ2v) is 10.8. The summed E-state index contributed by atoms with van der Waals surface area (Å²) >= 11 is 0. The fraction of sp³-hybridized carbons (Fsp3) is 0.607. The predicted octanol–water partition coefficient (Wildman–Crippen LogP) is 6.38. The van der Waals surface area contributed by atoms with Gasteiger partial charge < -0.3 is 9.72 Å². The van der Waals surface area contributed by atoms with Gasteiger partial charge in [-0.2, -0.15) is 18.3 Å². The number of nitrogens with zero attached hydrogens (tertiary/aromatic N) is 3. The van der Waals surface area contributed by atoms with Crippen molar-refractivity contribution in [1.82, 2.24) is 19.6 Å². The van der Waals surface area contributed by atoms with Gasteiger partial charge in [0.05, 0.1) is 11.8 Å². The second-order valence-electron chi connectivity index (χ2n) is 10.8. The van der Waals surface area contributed by atoms with Gasteiger partial charge in [-0.3, -0.25) is 4.79 Å². The van der Waals surface area contributed by atoms with Crippen LogP contribution in [-0.4, -0.2) is 39.0 Å². The van der Waals surface area contributed by atoms with Crippen molar-refractivity contribution < 1.29 is 17.9 Å². The van der Waals surface area contributed by atoms with Gasteiger partial charge in [-0.1, -0.05) is 49.6 Å². The molecular weight excluding hydrogens is 481 g/mol. The third-order valence-corrected chi connectivity index (χ3v) is 8.17. The van der Waals surface area contributed by atoms with E-state index >= 15 is 0 Å². The zero-order valence-corrected chi connectivity index (χ0v) is 21.3. The number of allylic oxidation sites excluding steroid dienone is 6. The molecular formula is C28H35F3N4O2. The highest BCUT2D eigenvalue weighted by Crippen LogP contribution is 2.40. The minimum Gasteiger partial charge on any atom is -0.381 e. The van der Waals surface area contributed by atoms with Crippen LogP contribution in [0.4, 0.5) is 13.2 Å². The van der Waals surface area contributed by atoms with Gasteiger partial charge in [0.15, 0.2) is 5.52 Å². The Balaban J connectivity index is 1.32. The van der Waals surface area contributed by atoms with Crippen LogP contribution in [0.3, 0.4) is 0 Å². The maximum Gasteiger partial charge on any atom is 0.416 e. The quantitative estimate of drug-likeness (QED) is 0.479. The van der Waals surface area contributed by atoms with Crippen molar-refractivity contribution in [3.63, 3.8) is 0 Å². The maximum absolute atomic E-state index is 13.2. The maximum atomic E-state index is 13.2. The number of nitrogens with one attached hydrogen (secondary N) is 1. The van der Waals surface area contributed by atoms with E-state index in [2.05, 4.69) is 23.0 Å². The SMILES string of the molecule is CC1CC(CC2=C/CC/C=C(C(F)(F)F)/C=C\2)CCCC1c1nn2c(C3CCOCC3)ncc2c(=O)[nH]1. The fourth-order valence-electron chi connectivity index (χ4n) is 6.18. The van der Waals surface area contributed by atoms with E-state index in [0.717, 1.165) is 56.3 Å². The highest BCUT2D eigenvalue weighted by molar-refractivity contribution is 5.42. The molecule has 1 saturated heterocycles. The Morgan fingerprint density at radius 1 is 1.11 bits per heavy atom. The molecule has 0 bridgehead atoms. The van der Waals surface area contributed by atoms with Gasteiger partial charge in [0.2, 0.25) is 0 Å². The summed E-state index contributed by atoms with van der Waals surface area (Å²) in [6.07, 6.45) is 10.9. The molecule has 2 aromatic rings. The summed E-state index contributed by atoms with van der Waals surface area (Å²) in [5.41, 5.74) is 0.734. The van der Waals surface area contributed by atoms with Gasteiger partial charge in [-0.15, -0.1) is 0 Å². The molecule has 5 rings (SSSR count). The molecule has 3 atom stereocenters. The van der Waals surface area contributed by atoms with E-state index in [1.54, 1.807) is 16.8 Å². The molecule has 9 heteroatoms. The van der Waals surface area contributed by atoms with Gasteiger partial charge in [-0.05, 0) is 56.8 Å². The molecule has 3 unspecified atom stereocenters. The number of imidazole rings is 1. The van der Waals surface area contributed by atoms with E-state index in [1.807, 2.05) is 0 Å². The van der Waals surface area contributed by atoms with E-state index in [4.69, 9.17) is 9.84 Å². The normalized spacial score (nSPS) is 30.0.